The first-order chi connectivity index (χ1) is 9.58. The largest absolute Gasteiger partial charge is 0.459 e. The molecule has 1 fully saturated rings. The van der Waals surface area contributed by atoms with Crippen molar-refractivity contribution in [3.8, 4) is 0 Å². The van der Waals surface area contributed by atoms with E-state index in [1.54, 1.807) is 0 Å². The maximum atomic E-state index is 12.0. The first kappa shape index (κ1) is 14.5. The Labute approximate surface area is 118 Å². The molecule has 0 amide bonds. The van der Waals surface area contributed by atoms with Crippen LogP contribution in [0.4, 0.5) is 5.69 Å². The quantitative estimate of drug-likeness (QED) is 0.478. The molecule has 0 spiro atoms. The maximum absolute atomic E-state index is 12.0. The summed E-state index contributed by atoms with van der Waals surface area (Å²) < 4.78 is 5.47. The van der Waals surface area contributed by atoms with Crippen molar-refractivity contribution in [3.63, 3.8) is 0 Å². The molecular weight excluding hydrogens is 258 g/mol. The highest BCUT2D eigenvalue weighted by Gasteiger charge is 2.23. The molecule has 2 rings (SSSR count). The number of esters is 1. The monoisotopic (exact) mass is 277 g/mol. The minimum Gasteiger partial charge on any atom is -0.459 e. The number of carbonyl (C=O) groups excluding carboxylic acids is 1. The van der Waals surface area contributed by atoms with Gasteiger partial charge >= 0.3 is 5.97 Å². The average Bonchev–Trinajstić information content (AvgIpc) is 2.48. The highest BCUT2D eigenvalue weighted by atomic mass is 16.6. The number of nitrogens with zero attached hydrogens (tertiary/aromatic N) is 1. The van der Waals surface area contributed by atoms with E-state index in [1.807, 2.05) is 6.92 Å². The van der Waals surface area contributed by atoms with Gasteiger partial charge in [-0.2, -0.15) is 0 Å². The number of non-ortho nitro benzene ring substituents is 1. The lowest BCUT2D eigenvalue weighted by Gasteiger charge is -2.27. The Kier molecular flexibility index (Phi) is 4.71. The summed E-state index contributed by atoms with van der Waals surface area (Å²) in [7, 11) is 0. The molecule has 0 aromatic heterocycles. The van der Waals surface area contributed by atoms with Gasteiger partial charge in [0.2, 0.25) is 0 Å². The van der Waals surface area contributed by atoms with Crippen molar-refractivity contribution in [2.75, 3.05) is 0 Å². The van der Waals surface area contributed by atoms with E-state index >= 15 is 0 Å². The molecule has 20 heavy (non-hydrogen) atoms. The Bertz CT molecular complexity index is 477. The topological polar surface area (TPSA) is 69.4 Å². The molecule has 1 aromatic rings. The molecule has 1 atom stereocenters. The van der Waals surface area contributed by atoms with Crippen LogP contribution in [-0.4, -0.2) is 17.0 Å². The normalized spacial score (nSPS) is 17.4. The molecule has 0 aliphatic heterocycles. The molecule has 0 heterocycles. The third-order valence-corrected chi connectivity index (χ3v) is 3.92. The number of hydrogen-bond acceptors (Lipinski definition) is 4. The molecule has 1 aliphatic rings. The number of carbonyl (C=O) groups is 1. The van der Waals surface area contributed by atoms with Crippen LogP contribution in [0.1, 0.15) is 49.4 Å². The van der Waals surface area contributed by atoms with Crippen molar-refractivity contribution < 1.29 is 14.5 Å². The Balaban J connectivity index is 1.95. The van der Waals surface area contributed by atoms with Gasteiger partial charge in [0, 0.05) is 12.1 Å². The Morgan fingerprint density at radius 2 is 1.85 bits per heavy atom. The first-order valence-corrected chi connectivity index (χ1v) is 7.03. The van der Waals surface area contributed by atoms with Gasteiger partial charge in [0.15, 0.2) is 0 Å². The Hall–Kier alpha value is -1.91. The van der Waals surface area contributed by atoms with E-state index in [-0.39, 0.29) is 11.8 Å². The predicted octanol–water partition coefficient (Wildman–Crippen LogP) is 3.72. The molecule has 5 nitrogen and oxygen atoms in total. The summed E-state index contributed by atoms with van der Waals surface area (Å²) in [5.74, 6) is 0.0312. The van der Waals surface area contributed by atoms with Crippen LogP contribution in [0.5, 0.6) is 0 Å². The summed E-state index contributed by atoms with van der Waals surface area (Å²) in [6.07, 6.45) is 5.77. The number of benzene rings is 1. The van der Waals surface area contributed by atoms with E-state index in [2.05, 4.69) is 0 Å². The third kappa shape index (κ3) is 3.56. The number of ether oxygens (including phenoxy) is 1. The standard InChI is InChI=1S/C15H19NO4/c1-11(12-5-3-2-4-6-12)20-15(17)13-7-9-14(10-8-13)16(18)19/h7-12H,2-6H2,1H3/t11-/m0/s1. The van der Waals surface area contributed by atoms with Crippen molar-refractivity contribution in [1.82, 2.24) is 0 Å². The van der Waals surface area contributed by atoms with Crippen LogP contribution in [0.25, 0.3) is 0 Å². The van der Waals surface area contributed by atoms with Gasteiger partial charge in [0.05, 0.1) is 10.5 Å². The zero-order valence-electron chi connectivity index (χ0n) is 11.6. The molecule has 0 saturated heterocycles. The van der Waals surface area contributed by atoms with E-state index in [0.29, 0.717) is 11.5 Å². The van der Waals surface area contributed by atoms with Gasteiger partial charge < -0.3 is 4.74 Å². The number of hydrogen-bond donors (Lipinski definition) is 0. The molecule has 1 aliphatic carbocycles. The second-order valence-electron chi connectivity index (χ2n) is 5.31. The lowest BCUT2D eigenvalue weighted by Crippen LogP contribution is -2.25. The van der Waals surface area contributed by atoms with Crippen molar-refractivity contribution in [2.24, 2.45) is 5.92 Å². The predicted molar refractivity (Wildman–Crippen MR) is 74.5 cm³/mol. The summed E-state index contributed by atoms with van der Waals surface area (Å²) in [6.45, 7) is 1.93. The molecule has 5 heteroatoms. The molecule has 0 bridgehead atoms. The van der Waals surface area contributed by atoms with E-state index in [1.165, 1.54) is 43.5 Å². The number of nitro groups is 1. The van der Waals surface area contributed by atoms with Crippen LogP contribution in [0.3, 0.4) is 0 Å². The van der Waals surface area contributed by atoms with Gasteiger partial charge in [-0.1, -0.05) is 19.3 Å². The average molecular weight is 277 g/mol. The molecular formula is C15H19NO4. The Morgan fingerprint density at radius 1 is 1.25 bits per heavy atom. The molecule has 1 saturated carbocycles. The van der Waals surface area contributed by atoms with Crippen LogP contribution in [-0.2, 0) is 4.74 Å². The van der Waals surface area contributed by atoms with E-state index < -0.39 is 10.9 Å². The SMILES string of the molecule is C[C@H](OC(=O)c1ccc([N+](=O)[O-])cc1)C1CCCCC1. The summed E-state index contributed by atoms with van der Waals surface area (Å²) in [6, 6.07) is 5.52. The molecule has 0 radical (unpaired) electrons. The third-order valence-electron chi connectivity index (χ3n) is 3.92. The van der Waals surface area contributed by atoms with Crippen LogP contribution in [0.2, 0.25) is 0 Å². The summed E-state index contributed by atoms with van der Waals surface area (Å²) >= 11 is 0. The fourth-order valence-corrected chi connectivity index (χ4v) is 2.66. The maximum Gasteiger partial charge on any atom is 0.338 e. The lowest BCUT2D eigenvalue weighted by molar-refractivity contribution is -0.384. The van der Waals surface area contributed by atoms with Gasteiger partial charge in [-0.25, -0.2) is 4.79 Å². The van der Waals surface area contributed by atoms with Gasteiger partial charge in [-0.15, -0.1) is 0 Å². The zero-order valence-corrected chi connectivity index (χ0v) is 11.6. The Morgan fingerprint density at radius 3 is 2.40 bits per heavy atom. The van der Waals surface area contributed by atoms with Gasteiger partial charge in [-0.3, -0.25) is 10.1 Å². The second-order valence-corrected chi connectivity index (χ2v) is 5.31. The minimum atomic E-state index is -0.486. The van der Waals surface area contributed by atoms with E-state index in [4.69, 9.17) is 4.74 Å². The molecule has 0 N–H and O–H groups in total. The second kappa shape index (κ2) is 6.50. The van der Waals surface area contributed by atoms with Gasteiger partial charge in [0.1, 0.15) is 6.10 Å². The summed E-state index contributed by atoms with van der Waals surface area (Å²) in [5.41, 5.74) is 0.333. The van der Waals surface area contributed by atoms with Crippen molar-refractivity contribution >= 4 is 11.7 Å². The molecule has 1 aromatic carbocycles. The molecule has 108 valence electrons. The lowest BCUT2D eigenvalue weighted by atomic mass is 9.86. The van der Waals surface area contributed by atoms with Gasteiger partial charge in [-0.05, 0) is 37.8 Å². The van der Waals surface area contributed by atoms with Crippen LogP contribution in [0.15, 0.2) is 24.3 Å². The summed E-state index contributed by atoms with van der Waals surface area (Å²) in [5, 5.41) is 10.6. The fraction of sp³-hybridized carbons (Fsp3) is 0.533. The molecule has 0 unspecified atom stereocenters. The van der Waals surface area contributed by atoms with Crippen LogP contribution >= 0.6 is 0 Å². The fourth-order valence-electron chi connectivity index (χ4n) is 2.66. The van der Waals surface area contributed by atoms with E-state index in [0.717, 1.165) is 12.8 Å². The zero-order chi connectivity index (χ0) is 14.5. The van der Waals surface area contributed by atoms with Crippen molar-refractivity contribution in [2.45, 2.75) is 45.1 Å². The first-order valence-electron chi connectivity index (χ1n) is 7.03. The minimum absolute atomic E-state index is 0.0260. The summed E-state index contributed by atoms with van der Waals surface area (Å²) in [4.78, 5) is 22.1. The van der Waals surface area contributed by atoms with Crippen LogP contribution in [0, 0.1) is 16.0 Å². The number of rotatable bonds is 4. The highest BCUT2D eigenvalue weighted by molar-refractivity contribution is 5.89. The van der Waals surface area contributed by atoms with Crippen molar-refractivity contribution in [3.05, 3.63) is 39.9 Å². The van der Waals surface area contributed by atoms with Crippen LogP contribution < -0.4 is 0 Å². The van der Waals surface area contributed by atoms with Crippen molar-refractivity contribution in [1.29, 1.82) is 0 Å². The smallest absolute Gasteiger partial charge is 0.338 e. The highest BCUT2D eigenvalue weighted by Crippen LogP contribution is 2.28. The van der Waals surface area contributed by atoms with Gasteiger partial charge in [0.25, 0.3) is 5.69 Å². The number of nitro benzene ring substituents is 1. The van der Waals surface area contributed by atoms with E-state index in [9.17, 15) is 14.9 Å².